The van der Waals surface area contributed by atoms with Crippen molar-refractivity contribution in [3.8, 4) is 11.1 Å². The first kappa shape index (κ1) is 15.8. The Morgan fingerprint density at radius 3 is 1.81 bits per heavy atom. The van der Waals surface area contributed by atoms with Gasteiger partial charge in [0.25, 0.3) is 0 Å². The zero-order valence-electron chi connectivity index (χ0n) is 14.7. The van der Waals surface area contributed by atoms with Crippen LogP contribution in [0.25, 0.3) is 11.1 Å². The van der Waals surface area contributed by atoms with Crippen LogP contribution in [-0.4, -0.2) is 9.78 Å². The van der Waals surface area contributed by atoms with E-state index in [9.17, 15) is 0 Å². The summed E-state index contributed by atoms with van der Waals surface area (Å²) in [5, 5.41) is 4.83. The molecule has 114 valence electrons. The molecule has 0 saturated carbocycles. The van der Waals surface area contributed by atoms with Crippen LogP contribution >= 0.6 is 0 Å². The van der Waals surface area contributed by atoms with Crippen LogP contribution in [0, 0.1) is 27.7 Å². The molecular weight excluding hydrogens is 256 g/mol. The van der Waals surface area contributed by atoms with Crippen molar-refractivity contribution in [2.75, 3.05) is 0 Å². The smallest absolute Gasteiger partial charge is 0.0675 e. The molecule has 0 aliphatic carbocycles. The van der Waals surface area contributed by atoms with Crippen LogP contribution in [0.4, 0.5) is 0 Å². The van der Waals surface area contributed by atoms with Crippen LogP contribution in [0.1, 0.15) is 67.7 Å². The molecule has 2 aromatic rings. The number of rotatable bonds is 3. The average Bonchev–Trinajstić information content (AvgIpc) is 2.66. The normalized spacial score (nSPS) is 11.7. The SMILES string of the molecule is Cc1cc(C)c(-c2c(C)nn(C(C)C)c2C(C)C)c(C)c1. The van der Waals surface area contributed by atoms with Crippen molar-refractivity contribution in [3.05, 3.63) is 40.2 Å². The topological polar surface area (TPSA) is 17.8 Å². The Balaban J connectivity index is 2.81. The summed E-state index contributed by atoms with van der Waals surface area (Å²) < 4.78 is 2.20. The number of nitrogens with zero attached hydrogens (tertiary/aromatic N) is 2. The highest BCUT2D eigenvalue weighted by molar-refractivity contribution is 5.75. The zero-order chi connectivity index (χ0) is 15.9. The molecule has 0 saturated heterocycles. The number of aryl methyl sites for hydroxylation is 4. The van der Waals surface area contributed by atoms with E-state index < -0.39 is 0 Å². The molecule has 0 spiro atoms. The third kappa shape index (κ3) is 2.76. The van der Waals surface area contributed by atoms with E-state index in [2.05, 4.69) is 72.2 Å². The summed E-state index contributed by atoms with van der Waals surface area (Å²) in [6.07, 6.45) is 0. The van der Waals surface area contributed by atoms with Crippen molar-refractivity contribution in [1.82, 2.24) is 9.78 Å². The first-order chi connectivity index (χ1) is 9.73. The Hall–Kier alpha value is -1.57. The van der Waals surface area contributed by atoms with Gasteiger partial charge in [0.15, 0.2) is 0 Å². The van der Waals surface area contributed by atoms with Crippen LogP contribution in [0.3, 0.4) is 0 Å². The van der Waals surface area contributed by atoms with Crippen molar-refractivity contribution in [2.45, 2.75) is 67.3 Å². The largest absolute Gasteiger partial charge is 0.266 e. The number of benzene rings is 1. The minimum atomic E-state index is 0.390. The molecule has 0 amide bonds. The monoisotopic (exact) mass is 284 g/mol. The Morgan fingerprint density at radius 1 is 0.857 bits per heavy atom. The maximum atomic E-state index is 4.83. The standard InChI is InChI=1S/C19H28N2/c1-11(2)19-18(16(8)20-21(19)12(3)4)17-14(6)9-13(5)10-15(17)7/h9-12H,1-8H3. The number of hydrogen-bond acceptors (Lipinski definition) is 1. The molecule has 0 aliphatic heterocycles. The second-order valence-electron chi connectivity index (χ2n) is 6.81. The Bertz CT molecular complexity index is 637. The highest BCUT2D eigenvalue weighted by Crippen LogP contribution is 2.37. The zero-order valence-corrected chi connectivity index (χ0v) is 14.7. The molecule has 0 aliphatic rings. The van der Waals surface area contributed by atoms with Crippen molar-refractivity contribution < 1.29 is 0 Å². The molecule has 2 rings (SSSR count). The average molecular weight is 284 g/mol. The minimum Gasteiger partial charge on any atom is -0.266 e. The Labute approximate surface area is 129 Å². The summed E-state index contributed by atoms with van der Waals surface area (Å²) in [5.74, 6) is 0.462. The summed E-state index contributed by atoms with van der Waals surface area (Å²) in [6, 6.07) is 4.94. The minimum absolute atomic E-state index is 0.390. The number of aromatic nitrogens is 2. The fourth-order valence-corrected chi connectivity index (χ4v) is 3.40. The van der Waals surface area contributed by atoms with Gasteiger partial charge in [-0.1, -0.05) is 31.5 Å². The van der Waals surface area contributed by atoms with Gasteiger partial charge in [0.05, 0.1) is 5.69 Å². The van der Waals surface area contributed by atoms with Gasteiger partial charge in [-0.15, -0.1) is 0 Å². The van der Waals surface area contributed by atoms with E-state index in [0.717, 1.165) is 5.69 Å². The van der Waals surface area contributed by atoms with Crippen LogP contribution in [0.5, 0.6) is 0 Å². The van der Waals surface area contributed by atoms with Crippen molar-refractivity contribution in [2.24, 2.45) is 0 Å². The molecule has 1 aromatic heterocycles. The Morgan fingerprint density at radius 2 is 1.38 bits per heavy atom. The van der Waals surface area contributed by atoms with Crippen LogP contribution in [-0.2, 0) is 0 Å². The van der Waals surface area contributed by atoms with E-state index in [0.29, 0.717) is 12.0 Å². The van der Waals surface area contributed by atoms with E-state index in [4.69, 9.17) is 5.10 Å². The van der Waals surface area contributed by atoms with E-state index in [1.165, 1.54) is 33.5 Å². The fraction of sp³-hybridized carbons (Fsp3) is 0.526. The van der Waals surface area contributed by atoms with E-state index in [-0.39, 0.29) is 0 Å². The van der Waals surface area contributed by atoms with E-state index >= 15 is 0 Å². The molecule has 0 N–H and O–H groups in total. The van der Waals surface area contributed by atoms with E-state index in [1.807, 2.05) is 0 Å². The lowest BCUT2D eigenvalue weighted by Crippen LogP contribution is -2.09. The molecule has 1 heterocycles. The van der Waals surface area contributed by atoms with Gasteiger partial charge in [-0.25, -0.2) is 0 Å². The lowest BCUT2D eigenvalue weighted by molar-refractivity contribution is 0.496. The summed E-state index contributed by atoms with van der Waals surface area (Å²) in [7, 11) is 0. The fourth-order valence-electron chi connectivity index (χ4n) is 3.40. The number of hydrogen-bond donors (Lipinski definition) is 0. The van der Waals surface area contributed by atoms with Gasteiger partial charge in [-0.2, -0.15) is 5.10 Å². The van der Waals surface area contributed by atoms with Gasteiger partial charge in [0.2, 0.25) is 0 Å². The summed E-state index contributed by atoms with van der Waals surface area (Å²) >= 11 is 0. The van der Waals surface area contributed by atoms with Crippen molar-refractivity contribution >= 4 is 0 Å². The summed E-state index contributed by atoms with van der Waals surface area (Å²) in [6.45, 7) is 17.7. The molecule has 2 heteroatoms. The van der Waals surface area contributed by atoms with Gasteiger partial charge in [-0.3, -0.25) is 4.68 Å². The van der Waals surface area contributed by atoms with Gasteiger partial charge in [0, 0.05) is 17.3 Å². The lowest BCUT2D eigenvalue weighted by Gasteiger charge is -2.18. The quantitative estimate of drug-likeness (QED) is 0.729. The molecular formula is C19H28N2. The highest BCUT2D eigenvalue weighted by Gasteiger charge is 2.23. The maximum Gasteiger partial charge on any atom is 0.0675 e. The summed E-state index contributed by atoms with van der Waals surface area (Å²) in [5.41, 5.74) is 9.23. The predicted molar refractivity (Wildman–Crippen MR) is 91.1 cm³/mol. The molecule has 0 radical (unpaired) electrons. The maximum absolute atomic E-state index is 4.83. The molecule has 1 aromatic carbocycles. The van der Waals surface area contributed by atoms with Gasteiger partial charge >= 0.3 is 0 Å². The van der Waals surface area contributed by atoms with Crippen LogP contribution < -0.4 is 0 Å². The van der Waals surface area contributed by atoms with Crippen molar-refractivity contribution in [1.29, 1.82) is 0 Å². The first-order valence-electron chi connectivity index (χ1n) is 7.91. The third-order valence-corrected chi connectivity index (χ3v) is 4.09. The molecule has 0 atom stereocenters. The lowest BCUT2D eigenvalue weighted by atomic mass is 9.90. The van der Waals surface area contributed by atoms with Gasteiger partial charge in [-0.05, 0) is 64.2 Å². The molecule has 0 unspecified atom stereocenters. The van der Waals surface area contributed by atoms with Gasteiger partial charge < -0.3 is 0 Å². The van der Waals surface area contributed by atoms with Crippen LogP contribution in [0.2, 0.25) is 0 Å². The van der Waals surface area contributed by atoms with Crippen molar-refractivity contribution in [3.63, 3.8) is 0 Å². The first-order valence-corrected chi connectivity index (χ1v) is 7.91. The predicted octanol–water partition coefficient (Wildman–Crippen LogP) is 5.49. The highest BCUT2D eigenvalue weighted by atomic mass is 15.3. The van der Waals surface area contributed by atoms with Crippen LogP contribution in [0.15, 0.2) is 12.1 Å². The molecule has 21 heavy (non-hydrogen) atoms. The van der Waals surface area contributed by atoms with Gasteiger partial charge in [0.1, 0.15) is 0 Å². The Kier molecular flexibility index (Phi) is 4.27. The van der Waals surface area contributed by atoms with E-state index in [1.54, 1.807) is 0 Å². The third-order valence-electron chi connectivity index (χ3n) is 4.09. The molecule has 2 nitrogen and oxygen atoms in total. The molecule has 0 bridgehead atoms. The second kappa shape index (κ2) is 5.67. The summed E-state index contributed by atoms with van der Waals surface area (Å²) in [4.78, 5) is 0. The molecule has 0 fully saturated rings. The second-order valence-corrected chi connectivity index (χ2v) is 6.81.